The molecule has 0 spiro atoms. The van der Waals surface area contributed by atoms with Crippen LogP contribution in [0, 0.1) is 0 Å². The summed E-state index contributed by atoms with van der Waals surface area (Å²) < 4.78 is 23.7. The minimum atomic E-state index is -1.21. The van der Waals surface area contributed by atoms with Crippen molar-refractivity contribution in [1.29, 1.82) is 0 Å². The lowest BCUT2D eigenvalue weighted by atomic mass is 10.1. The Morgan fingerprint density at radius 3 is 0.944 bits per heavy atom. The van der Waals surface area contributed by atoms with E-state index in [0.29, 0.717) is 12.8 Å². The summed E-state index contributed by atoms with van der Waals surface area (Å²) in [6.45, 7) is 0. The molecule has 0 aromatic carbocycles. The van der Waals surface area contributed by atoms with Crippen molar-refractivity contribution in [3.8, 4) is 0 Å². The Kier molecular flexibility index (Phi) is 12.1. The standard InChI is InChI=1S/C14H24F2O2/c15-13(17)11-9-7-5-3-1-2-4-6-8-10-12-14(16)18/h1-12H2. The molecule has 0 radical (unpaired) electrons. The highest BCUT2D eigenvalue weighted by atomic mass is 19.1. The Labute approximate surface area is 108 Å². The number of unbranched alkanes of at least 4 members (excludes halogenated alkanes) is 9. The summed E-state index contributed by atoms with van der Waals surface area (Å²) in [6.07, 6.45) is 9.99. The van der Waals surface area contributed by atoms with Crippen LogP contribution in [-0.2, 0) is 9.59 Å². The molecule has 106 valence electrons. The minimum Gasteiger partial charge on any atom is -0.261 e. The highest BCUT2D eigenvalue weighted by Gasteiger charge is 1.99. The Bertz CT molecular complexity index is 206. The molecule has 0 rings (SSSR count). The van der Waals surface area contributed by atoms with Gasteiger partial charge >= 0.3 is 12.1 Å². The van der Waals surface area contributed by atoms with Crippen LogP contribution >= 0.6 is 0 Å². The molecule has 0 aromatic rings. The second-order valence-corrected chi connectivity index (χ2v) is 4.75. The molecule has 0 aliphatic carbocycles. The fourth-order valence-electron chi connectivity index (χ4n) is 1.94. The molecule has 18 heavy (non-hydrogen) atoms. The summed E-state index contributed by atoms with van der Waals surface area (Å²) in [7, 11) is 0. The smallest absolute Gasteiger partial charge is 0.261 e. The van der Waals surface area contributed by atoms with Crippen molar-refractivity contribution in [2.45, 2.75) is 77.0 Å². The number of hydrogen-bond acceptors (Lipinski definition) is 2. The zero-order valence-electron chi connectivity index (χ0n) is 11.1. The summed E-state index contributed by atoms with van der Waals surface area (Å²) >= 11 is 0. The number of rotatable bonds is 13. The fraction of sp³-hybridized carbons (Fsp3) is 0.857. The van der Waals surface area contributed by atoms with Gasteiger partial charge in [-0.3, -0.25) is 9.59 Å². The molecule has 0 aliphatic heterocycles. The largest absolute Gasteiger partial charge is 0.301 e. The van der Waals surface area contributed by atoms with Gasteiger partial charge < -0.3 is 0 Å². The normalized spacial score (nSPS) is 10.6. The molecule has 0 saturated carbocycles. The van der Waals surface area contributed by atoms with E-state index in [1.54, 1.807) is 0 Å². The van der Waals surface area contributed by atoms with Gasteiger partial charge in [0.2, 0.25) is 0 Å². The molecule has 0 aliphatic rings. The summed E-state index contributed by atoms with van der Waals surface area (Å²) in [6, 6.07) is -2.41. The van der Waals surface area contributed by atoms with Crippen molar-refractivity contribution >= 4 is 12.1 Å². The van der Waals surface area contributed by atoms with Gasteiger partial charge in [-0.05, 0) is 12.8 Å². The SMILES string of the molecule is O=C(F)CCCCCCCCCCCCC(=O)F. The van der Waals surface area contributed by atoms with Crippen molar-refractivity contribution in [2.75, 3.05) is 0 Å². The van der Waals surface area contributed by atoms with Crippen LogP contribution in [-0.4, -0.2) is 12.1 Å². The van der Waals surface area contributed by atoms with E-state index in [1.165, 1.54) is 0 Å². The molecule has 0 N–H and O–H groups in total. The maximum atomic E-state index is 11.8. The van der Waals surface area contributed by atoms with Crippen molar-refractivity contribution in [3.05, 3.63) is 0 Å². The van der Waals surface area contributed by atoms with E-state index in [1.807, 2.05) is 0 Å². The molecular weight excluding hydrogens is 238 g/mol. The second kappa shape index (κ2) is 12.7. The van der Waals surface area contributed by atoms with Crippen LogP contribution in [0.25, 0.3) is 0 Å². The third kappa shape index (κ3) is 15.2. The molecule has 0 atom stereocenters. The lowest BCUT2D eigenvalue weighted by Gasteiger charge is -2.01. The monoisotopic (exact) mass is 262 g/mol. The average Bonchev–Trinajstić information content (AvgIpc) is 2.29. The summed E-state index contributed by atoms with van der Waals surface area (Å²) in [5.74, 6) is 0. The van der Waals surface area contributed by atoms with Crippen LogP contribution < -0.4 is 0 Å². The molecule has 0 saturated heterocycles. The Morgan fingerprint density at radius 2 is 0.722 bits per heavy atom. The highest BCUT2D eigenvalue weighted by molar-refractivity contribution is 5.67. The van der Waals surface area contributed by atoms with Gasteiger partial charge in [0.05, 0.1) is 0 Å². The van der Waals surface area contributed by atoms with Gasteiger partial charge in [-0.15, -0.1) is 0 Å². The molecule has 0 fully saturated rings. The summed E-state index contributed by atoms with van der Waals surface area (Å²) in [5.41, 5.74) is 0. The van der Waals surface area contributed by atoms with E-state index in [2.05, 4.69) is 0 Å². The van der Waals surface area contributed by atoms with Crippen LogP contribution in [0.5, 0.6) is 0 Å². The van der Waals surface area contributed by atoms with Crippen LogP contribution in [0.3, 0.4) is 0 Å². The first-order valence-electron chi connectivity index (χ1n) is 6.99. The number of carbonyl (C=O) groups excluding carboxylic acids is 2. The predicted octanol–water partition coefficient (Wildman–Crippen LogP) is 4.66. The molecule has 0 aromatic heterocycles. The summed E-state index contributed by atoms with van der Waals surface area (Å²) in [5, 5.41) is 0. The van der Waals surface area contributed by atoms with E-state index >= 15 is 0 Å². The Hall–Kier alpha value is -0.800. The lowest BCUT2D eigenvalue weighted by Crippen LogP contribution is -1.88. The second-order valence-electron chi connectivity index (χ2n) is 4.75. The maximum absolute atomic E-state index is 11.8. The maximum Gasteiger partial charge on any atom is 0.301 e. The molecule has 0 heterocycles. The number of hydrogen-bond donors (Lipinski definition) is 0. The van der Waals surface area contributed by atoms with Gasteiger partial charge in [0.1, 0.15) is 0 Å². The Morgan fingerprint density at radius 1 is 0.500 bits per heavy atom. The predicted molar refractivity (Wildman–Crippen MR) is 67.6 cm³/mol. The fourth-order valence-corrected chi connectivity index (χ4v) is 1.94. The van der Waals surface area contributed by atoms with Crippen molar-refractivity contribution in [1.82, 2.24) is 0 Å². The molecule has 0 bridgehead atoms. The molecule has 4 heteroatoms. The van der Waals surface area contributed by atoms with Gasteiger partial charge in [0.25, 0.3) is 0 Å². The van der Waals surface area contributed by atoms with E-state index < -0.39 is 12.1 Å². The van der Waals surface area contributed by atoms with Gasteiger partial charge in [0.15, 0.2) is 0 Å². The van der Waals surface area contributed by atoms with Crippen LogP contribution in [0.4, 0.5) is 8.78 Å². The minimum absolute atomic E-state index is 0.0628. The van der Waals surface area contributed by atoms with Gasteiger partial charge in [-0.25, -0.2) is 0 Å². The lowest BCUT2D eigenvalue weighted by molar-refractivity contribution is -0.130. The van der Waals surface area contributed by atoms with E-state index in [0.717, 1.165) is 51.4 Å². The first kappa shape index (κ1) is 17.2. The van der Waals surface area contributed by atoms with E-state index in [-0.39, 0.29) is 12.8 Å². The number of halogens is 2. The van der Waals surface area contributed by atoms with Crippen LogP contribution in [0.2, 0.25) is 0 Å². The number of carbonyl (C=O) groups is 2. The van der Waals surface area contributed by atoms with Crippen LogP contribution in [0.1, 0.15) is 77.0 Å². The van der Waals surface area contributed by atoms with Gasteiger partial charge in [-0.1, -0.05) is 51.4 Å². The molecule has 0 amide bonds. The van der Waals surface area contributed by atoms with Crippen LogP contribution in [0.15, 0.2) is 0 Å². The first-order chi connectivity index (χ1) is 8.63. The van der Waals surface area contributed by atoms with E-state index in [4.69, 9.17) is 0 Å². The van der Waals surface area contributed by atoms with E-state index in [9.17, 15) is 18.4 Å². The van der Waals surface area contributed by atoms with Crippen molar-refractivity contribution < 1.29 is 18.4 Å². The van der Waals surface area contributed by atoms with Gasteiger partial charge in [0, 0.05) is 12.8 Å². The topological polar surface area (TPSA) is 34.1 Å². The summed E-state index contributed by atoms with van der Waals surface area (Å²) in [4.78, 5) is 20.1. The third-order valence-electron chi connectivity index (χ3n) is 3.00. The van der Waals surface area contributed by atoms with Gasteiger partial charge in [-0.2, -0.15) is 8.78 Å². The molecule has 2 nitrogen and oxygen atoms in total. The quantitative estimate of drug-likeness (QED) is 0.357. The third-order valence-corrected chi connectivity index (χ3v) is 3.00. The average molecular weight is 262 g/mol. The zero-order chi connectivity index (χ0) is 13.6. The van der Waals surface area contributed by atoms with Crippen molar-refractivity contribution in [2.24, 2.45) is 0 Å². The Balaban J connectivity index is 2.99. The van der Waals surface area contributed by atoms with Crippen molar-refractivity contribution in [3.63, 3.8) is 0 Å². The highest BCUT2D eigenvalue weighted by Crippen LogP contribution is 2.12. The molecular formula is C14H24F2O2. The zero-order valence-corrected chi connectivity index (χ0v) is 11.1. The first-order valence-corrected chi connectivity index (χ1v) is 6.99. The molecule has 0 unspecified atom stereocenters.